The van der Waals surface area contributed by atoms with Gasteiger partial charge in [0.05, 0.1) is 5.04 Å². The van der Waals surface area contributed by atoms with E-state index in [0.717, 1.165) is 22.9 Å². The molecule has 0 saturated heterocycles. The second kappa shape index (κ2) is 3.09. The number of benzene rings is 1. The molecule has 0 aliphatic carbocycles. The topological polar surface area (TPSA) is 12.4 Å². The predicted octanol–water partition coefficient (Wildman–Crippen LogP) is 1.98. The molecule has 1 nitrogen and oxygen atoms in total. The Balaban J connectivity index is 2.29. The van der Waals surface area contributed by atoms with E-state index in [0.29, 0.717) is 0 Å². The van der Waals surface area contributed by atoms with Gasteiger partial charge in [-0.05, 0) is 6.07 Å². The maximum atomic E-state index is 4.35. The van der Waals surface area contributed by atoms with Crippen molar-refractivity contribution in [2.24, 2.45) is 4.99 Å². The summed E-state index contributed by atoms with van der Waals surface area (Å²) < 4.78 is 0. The average molecular weight is 162 g/mol. The number of nitrogens with zero attached hydrogens (tertiary/aromatic N) is 1. The molecule has 2 heteroatoms. The molecule has 1 aliphatic heterocycles. The summed E-state index contributed by atoms with van der Waals surface area (Å²) in [6, 6.07) is 11.1. The first-order valence-electron chi connectivity index (χ1n) is 3.61. The Morgan fingerprint density at radius 2 is 2.45 bits per heavy atom. The summed E-state index contributed by atoms with van der Waals surface area (Å²) >= 11 is 1.81. The van der Waals surface area contributed by atoms with Crippen molar-refractivity contribution in [1.29, 1.82) is 0 Å². The van der Waals surface area contributed by atoms with Crippen LogP contribution in [0.3, 0.4) is 0 Å². The van der Waals surface area contributed by atoms with Crippen LogP contribution in [0, 0.1) is 6.07 Å². The van der Waals surface area contributed by atoms with E-state index in [2.05, 4.69) is 17.1 Å². The van der Waals surface area contributed by atoms with Gasteiger partial charge in [0.1, 0.15) is 0 Å². The number of hydrogen-bond acceptors (Lipinski definition) is 2. The molecule has 0 amide bonds. The molecule has 0 spiro atoms. The molecule has 11 heavy (non-hydrogen) atoms. The fourth-order valence-corrected chi connectivity index (χ4v) is 1.87. The summed E-state index contributed by atoms with van der Waals surface area (Å²) in [4.78, 5) is 4.35. The van der Waals surface area contributed by atoms with Crippen LogP contribution in [0.5, 0.6) is 0 Å². The number of hydrogen-bond donors (Lipinski definition) is 0. The molecule has 55 valence electrons. The van der Waals surface area contributed by atoms with Gasteiger partial charge in [-0.25, -0.2) is 0 Å². The van der Waals surface area contributed by atoms with Gasteiger partial charge in [-0.3, -0.25) is 4.99 Å². The van der Waals surface area contributed by atoms with Crippen LogP contribution in [-0.4, -0.2) is 17.3 Å². The Morgan fingerprint density at radius 1 is 1.45 bits per heavy atom. The largest absolute Gasteiger partial charge is 0.277 e. The number of rotatable bonds is 1. The lowest BCUT2D eigenvalue weighted by Gasteiger charge is -1.95. The Labute approximate surface area is 70.5 Å². The molecule has 0 unspecified atom stereocenters. The zero-order valence-electron chi connectivity index (χ0n) is 6.08. The normalized spacial score (nSPS) is 16.5. The fraction of sp³-hybridized carbons (Fsp3) is 0.222. The minimum absolute atomic E-state index is 0.961. The van der Waals surface area contributed by atoms with Crippen LogP contribution in [0.15, 0.2) is 29.3 Å². The maximum Gasteiger partial charge on any atom is 0.0984 e. The number of aliphatic imine (C=N–C) groups is 1. The SMILES string of the molecule is [c]1ccccc1C1=NCCS1. The highest BCUT2D eigenvalue weighted by molar-refractivity contribution is 8.14. The third kappa shape index (κ3) is 1.46. The van der Waals surface area contributed by atoms with Crippen molar-refractivity contribution < 1.29 is 0 Å². The smallest absolute Gasteiger partial charge is 0.0984 e. The van der Waals surface area contributed by atoms with Gasteiger partial charge >= 0.3 is 0 Å². The molecule has 0 fully saturated rings. The van der Waals surface area contributed by atoms with Crippen LogP contribution < -0.4 is 0 Å². The van der Waals surface area contributed by atoms with E-state index in [-0.39, 0.29) is 0 Å². The molecule has 1 radical (unpaired) electrons. The van der Waals surface area contributed by atoms with Crippen molar-refractivity contribution in [3.8, 4) is 0 Å². The highest BCUT2D eigenvalue weighted by Crippen LogP contribution is 2.17. The molecule has 0 N–H and O–H groups in total. The lowest BCUT2D eigenvalue weighted by Crippen LogP contribution is -1.89. The second-order valence-corrected chi connectivity index (χ2v) is 3.40. The molecular weight excluding hydrogens is 154 g/mol. The summed E-state index contributed by atoms with van der Waals surface area (Å²) in [6.07, 6.45) is 0. The lowest BCUT2D eigenvalue weighted by molar-refractivity contribution is 1.17. The Hall–Kier alpha value is -0.760. The molecule has 0 aromatic heterocycles. The Bertz CT molecular complexity index is 266. The minimum Gasteiger partial charge on any atom is -0.277 e. The van der Waals surface area contributed by atoms with Crippen LogP contribution in [0.1, 0.15) is 5.56 Å². The van der Waals surface area contributed by atoms with Gasteiger partial charge in [-0.15, -0.1) is 11.8 Å². The van der Waals surface area contributed by atoms with Gasteiger partial charge in [-0.2, -0.15) is 0 Å². The quantitative estimate of drug-likeness (QED) is 0.615. The van der Waals surface area contributed by atoms with Gasteiger partial charge in [0.15, 0.2) is 0 Å². The highest BCUT2D eigenvalue weighted by atomic mass is 32.2. The van der Waals surface area contributed by atoms with Crippen molar-refractivity contribution in [3.05, 3.63) is 35.9 Å². The molecule has 1 aliphatic rings. The summed E-state index contributed by atoms with van der Waals surface area (Å²) in [5, 5.41) is 1.14. The molecule has 0 saturated carbocycles. The van der Waals surface area contributed by atoms with E-state index in [4.69, 9.17) is 0 Å². The average Bonchev–Trinajstić information content (AvgIpc) is 2.58. The van der Waals surface area contributed by atoms with Gasteiger partial charge < -0.3 is 0 Å². The first-order chi connectivity index (χ1) is 5.47. The van der Waals surface area contributed by atoms with Crippen LogP contribution in [0.2, 0.25) is 0 Å². The van der Waals surface area contributed by atoms with Crippen molar-refractivity contribution in [2.75, 3.05) is 12.3 Å². The Morgan fingerprint density at radius 3 is 3.09 bits per heavy atom. The summed E-state index contributed by atoms with van der Waals surface area (Å²) in [5.74, 6) is 1.12. The van der Waals surface area contributed by atoms with Crippen LogP contribution in [-0.2, 0) is 0 Å². The van der Waals surface area contributed by atoms with E-state index in [1.807, 2.05) is 30.0 Å². The van der Waals surface area contributed by atoms with Gasteiger partial charge in [0.2, 0.25) is 0 Å². The first kappa shape index (κ1) is 6.92. The molecule has 1 heterocycles. The fourth-order valence-electron chi connectivity index (χ4n) is 1.02. The van der Waals surface area contributed by atoms with Crippen LogP contribution >= 0.6 is 11.8 Å². The number of thioether (sulfide) groups is 1. The van der Waals surface area contributed by atoms with Gasteiger partial charge in [-0.1, -0.05) is 24.3 Å². The molecule has 0 bridgehead atoms. The maximum absolute atomic E-state index is 4.35. The van der Waals surface area contributed by atoms with E-state index < -0.39 is 0 Å². The van der Waals surface area contributed by atoms with E-state index >= 15 is 0 Å². The highest BCUT2D eigenvalue weighted by Gasteiger charge is 2.07. The molecule has 2 rings (SSSR count). The Kier molecular flexibility index (Phi) is 1.95. The second-order valence-electron chi connectivity index (χ2n) is 2.31. The summed E-state index contributed by atoms with van der Waals surface area (Å²) in [5.41, 5.74) is 1.13. The first-order valence-corrected chi connectivity index (χ1v) is 4.60. The molecule has 1 aromatic carbocycles. The molecule has 1 aromatic rings. The lowest BCUT2D eigenvalue weighted by atomic mass is 10.2. The van der Waals surface area contributed by atoms with Crippen molar-refractivity contribution >= 4 is 16.8 Å². The molecular formula is C9H8NS. The third-order valence-corrected chi connectivity index (χ3v) is 2.53. The van der Waals surface area contributed by atoms with E-state index in [1.165, 1.54) is 0 Å². The predicted molar refractivity (Wildman–Crippen MR) is 49.1 cm³/mol. The third-order valence-electron chi connectivity index (χ3n) is 1.52. The zero-order chi connectivity index (χ0) is 7.52. The van der Waals surface area contributed by atoms with Crippen molar-refractivity contribution in [1.82, 2.24) is 0 Å². The standard InChI is InChI=1S/C9H8NS/c1-2-4-8(5-3-1)9-10-6-7-11-9/h1-4H,6-7H2. The van der Waals surface area contributed by atoms with Crippen molar-refractivity contribution in [2.45, 2.75) is 0 Å². The van der Waals surface area contributed by atoms with E-state index in [1.54, 1.807) is 0 Å². The molecule has 0 atom stereocenters. The minimum atomic E-state index is 0.961. The van der Waals surface area contributed by atoms with E-state index in [9.17, 15) is 0 Å². The van der Waals surface area contributed by atoms with Crippen molar-refractivity contribution in [3.63, 3.8) is 0 Å². The van der Waals surface area contributed by atoms with Crippen LogP contribution in [0.4, 0.5) is 0 Å². The van der Waals surface area contributed by atoms with Gasteiger partial charge in [0.25, 0.3) is 0 Å². The summed E-state index contributed by atoms with van der Waals surface area (Å²) in [6.45, 7) is 0.961. The van der Waals surface area contributed by atoms with Crippen LogP contribution in [0.25, 0.3) is 0 Å². The monoisotopic (exact) mass is 162 g/mol. The van der Waals surface area contributed by atoms with Gasteiger partial charge in [0, 0.05) is 17.9 Å². The zero-order valence-corrected chi connectivity index (χ0v) is 6.90. The summed E-state index contributed by atoms with van der Waals surface area (Å²) in [7, 11) is 0.